The van der Waals surface area contributed by atoms with Crippen LogP contribution in [0.1, 0.15) is 26.3 Å². The quantitative estimate of drug-likeness (QED) is 0.118. The lowest BCUT2D eigenvalue weighted by atomic mass is 9.87. The first-order chi connectivity index (χ1) is 18.3. The maximum absolute atomic E-state index is 14.8. The van der Waals surface area contributed by atoms with Gasteiger partial charge in [-0.3, -0.25) is 9.59 Å². The number of benzene rings is 2. The predicted molar refractivity (Wildman–Crippen MR) is 143 cm³/mol. The van der Waals surface area contributed by atoms with Gasteiger partial charge in [0.15, 0.2) is 0 Å². The second kappa shape index (κ2) is 11.5. The molecule has 0 bridgehead atoms. The molecule has 1 atom stereocenters. The predicted octanol–water partition coefficient (Wildman–Crippen LogP) is 8.51. The van der Waals surface area contributed by atoms with E-state index in [0.29, 0.717) is 6.07 Å². The van der Waals surface area contributed by atoms with Gasteiger partial charge in [0.05, 0.1) is 34.1 Å². The van der Waals surface area contributed by atoms with Crippen molar-refractivity contribution in [1.82, 2.24) is 4.98 Å². The summed E-state index contributed by atoms with van der Waals surface area (Å²) in [5.74, 6) is -8.24. The second-order valence-corrected chi connectivity index (χ2v) is 10.4. The highest BCUT2D eigenvalue weighted by Gasteiger charge is 2.81. The average molecular weight is 822 g/mol. The Morgan fingerprint density at radius 2 is 1.50 bits per heavy atom. The number of hydrogen-bond acceptors (Lipinski definition) is 3. The first-order valence-corrected chi connectivity index (χ1v) is 12.8. The number of hydrogen-bond donors (Lipinski definition) is 1. The van der Waals surface area contributed by atoms with Crippen molar-refractivity contribution in [2.75, 3.05) is 8.43 Å². The van der Waals surface area contributed by atoms with Crippen molar-refractivity contribution in [3.63, 3.8) is 0 Å². The van der Waals surface area contributed by atoms with E-state index in [2.05, 4.69) is 10.3 Å². The fraction of sp³-hybridized carbons (Fsp3) is 0.174. The molecule has 0 aliphatic carbocycles. The molecule has 1 unspecified atom stereocenters. The first-order valence-electron chi connectivity index (χ1n) is 10.3. The van der Waals surface area contributed by atoms with E-state index in [0.717, 1.165) is 3.11 Å². The van der Waals surface area contributed by atoms with Gasteiger partial charge in [-0.05, 0) is 65.1 Å². The van der Waals surface area contributed by atoms with Gasteiger partial charge in [-0.2, -0.15) is 35.1 Å². The van der Waals surface area contributed by atoms with Crippen molar-refractivity contribution in [1.29, 1.82) is 0 Å². The molecule has 0 spiro atoms. The third kappa shape index (κ3) is 6.12. The molecule has 0 fully saturated rings. The van der Waals surface area contributed by atoms with Gasteiger partial charge in [-0.15, -0.1) is 0 Å². The zero-order valence-electron chi connectivity index (χ0n) is 19.0. The molecule has 1 aromatic heterocycles. The Morgan fingerprint density at radius 1 is 0.850 bits per heavy atom. The van der Waals surface area contributed by atoms with Gasteiger partial charge in [0.25, 0.3) is 11.8 Å². The zero-order chi connectivity index (χ0) is 30.3. The van der Waals surface area contributed by atoms with Crippen LogP contribution < -0.4 is 8.43 Å². The molecule has 1 heterocycles. The van der Waals surface area contributed by atoms with E-state index in [-0.39, 0.29) is 39.8 Å². The van der Waals surface area contributed by atoms with E-state index >= 15 is 0 Å². The molecule has 2 aromatic carbocycles. The van der Waals surface area contributed by atoms with Crippen molar-refractivity contribution in [3.8, 4) is 0 Å². The summed E-state index contributed by atoms with van der Waals surface area (Å²) < 4.78 is 121. The topological polar surface area (TPSA) is 62.3 Å². The fourth-order valence-electron chi connectivity index (χ4n) is 3.26. The van der Waals surface area contributed by atoms with Crippen LogP contribution in [0.15, 0.2) is 60.8 Å². The summed E-state index contributed by atoms with van der Waals surface area (Å²) in [5, 5.41) is 2.67. The smallest absolute Gasteiger partial charge is 0.322 e. The molecule has 5 nitrogen and oxygen atoms in total. The van der Waals surface area contributed by atoms with Gasteiger partial charge >= 0.3 is 23.9 Å². The number of halogens is 12. The minimum Gasteiger partial charge on any atom is -0.322 e. The van der Waals surface area contributed by atoms with Gasteiger partial charge in [-0.25, -0.2) is 12.5 Å². The van der Waals surface area contributed by atoms with Crippen molar-refractivity contribution in [2.24, 2.45) is 0 Å². The molecule has 3 rings (SSSR count). The largest absolute Gasteiger partial charge is 0.457 e. The highest BCUT2D eigenvalue weighted by Crippen LogP contribution is 2.58. The summed E-state index contributed by atoms with van der Waals surface area (Å²) >= 11 is 8.37. The zero-order valence-corrected chi connectivity index (χ0v) is 24.1. The molecule has 3 aromatic rings. The van der Waals surface area contributed by atoms with Crippen molar-refractivity contribution in [2.45, 2.75) is 23.9 Å². The molecular formula is C23H11ClF9I2N3O2. The highest BCUT2D eigenvalue weighted by atomic mass is 127. The van der Waals surface area contributed by atoms with E-state index in [1.807, 2.05) is 0 Å². The Kier molecular flexibility index (Phi) is 9.25. The van der Waals surface area contributed by atoms with Gasteiger partial charge in [0.2, 0.25) is 0 Å². The molecule has 0 radical (unpaired) electrons. The second-order valence-electron chi connectivity index (χ2n) is 7.89. The average Bonchev–Trinajstić information content (AvgIpc) is 2.86. The van der Waals surface area contributed by atoms with Crippen LogP contribution in [0.4, 0.5) is 50.9 Å². The molecule has 17 heteroatoms. The van der Waals surface area contributed by atoms with Crippen LogP contribution in [0, 0.1) is 3.57 Å². The van der Waals surface area contributed by atoms with Crippen molar-refractivity contribution in [3.05, 3.63) is 86.2 Å². The number of pyridine rings is 1. The number of aromatic nitrogens is 1. The van der Waals surface area contributed by atoms with Crippen molar-refractivity contribution < 1.29 is 49.1 Å². The first kappa shape index (κ1) is 32.2. The van der Waals surface area contributed by atoms with Gasteiger partial charge in [0, 0.05) is 26.6 Å². The van der Waals surface area contributed by atoms with E-state index in [9.17, 15) is 49.1 Å². The number of carbonyl (C=O) groups excluding carboxylic acids is 2. The molecule has 0 saturated heterocycles. The summed E-state index contributed by atoms with van der Waals surface area (Å²) in [6.07, 6.45) is -12.3. The minimum absolute atomic E-state index is 0.0555. The monoisotopic (exact) mass is 821 g/mol. The molecule has 1 N–H and O–H groups in total. The van der Waals surface area contributed by atoms with Crippen LogP contribution in [-0.4, -0.2) is 35.1 Å². The molecule has 2 amide bonds. The Hall–Kier alpha value is -2.35. The number of amides is 2. The van der Waals surface area contributed by atoms with Gasteiger partial charge < -0.3 is 5.32 Å². The number of carbonyl (C=O) groups is 2. The third-order valence-electron chi connectivity index (χ3n) is 5.27. The van der Waals surface area contributed by atoms with Crippen LogP contribution in [0.2, 0.25) is 5.15 Å². The maximum atomic E-state index is 14.8. The molecule has 40 heavy (non-hydrogen) atoms. The summed E-state index contributed by atoms with van der Waals surface area (Å²) in [6, 6.07) is 9.02. The molecule has 0 aliphatic rings. The molecule has 214 valence electrons. The molecular weight excluding hydrogens is 811 g/mol. The Balaban J connectivity index is 1.91. The summed E-state index contributed by atoms with van der Waals surface area (Å²) in [7, 11) is 0. The van der Waals surface area contributed by atoms with Gasteiger partial charge in [0.1, 0.15) is 5.15 Å². The summed E-state index contributed by atoms with van der Waals surface area (Å²) in [4.78, 5) is 29.2. The van der Waals surface area contributed by atoms with E-state index in [1.165, 1.54) is 88.1 Å². The van der Waals surface area contributed by atoms with Crippen LogP contribution in [-0.2, 0) is 5.67 Å². The number of anilines is 2. The molecule has 0 saturated carbocycles. The Labute approximate surface area is 251 Å². The van der Waals surface area contributed by atoms with Crippen molar-refractivity contribution >= 4 is 80.2 Å². The van der Waals surface area contributed by atoms with Crippen LogP contribution in [0.25, 0.3) is 0 Å². The Morgan fingerprint density at radius 3 is 2.02 bits per heavy atom. The highest BCUT2D eigenvalue weighted by molar-refractivity contribution is 14.1. The number of nitrogens with one attached hydrogen (secondary N) is 1. The number of alkyl halides is 9. The third-order valence-corrected chi connectivity index (χ3v) is 7.32. The SMILES string of the molecule is O=C(Nc1cccc(C(=O)N(I)c2ccc(C(F)(C(F)(F)F)C(F)(F)C(F)(F)F)cc2I)c1)c1ccc(Cl)nc1. The van der Waals surface area contributed by atoms with Crippen LogP contribution in [0.3, 0.4) is 0 Å². The lowest BCUT2D eigenvalue weighted by molar-refractivity contribution is -0.389. The van der Waals surface area contributed by atoms with E-state index < -0.39 is 44.9 Å². The van der Waals surface area contributed by atoms with Crippen LogP contribution >= 0.6 is 57.1 Å². The van der Waals surface area contributed by atoms with Crippen LogP contribution in [0.5, 0.6) is 0 Å². The van der Waals surface area contributed by atoms with E-state index in [4.69, 9.17) is 11.6 Å². The lowest BCUT2D eigenvalue weighted by Crippen LogP contribution is -2.59. The number of nitrogens with zero attached hydrogens (tertiary/aromatic N) is 2. The molecule has 0 aliphatic heterocycles. The Bertz CT molecular complexity index is 1440. The fourth-order valence-corrected chi connectivity index (χ4v) is 5.29. The standard InChI is InChI=1S/C23H11ClF9I2N3O2/c24-17-7-4-12(10-36-17)18(39)37-14-3-1-2-11(8-14)19(40)38(35)16-6-5-13(9-15(16)34)20(25,22(28,29)30)21(26,27)23(31,32)33/h1-10H,(H,37,39). The lowest BCUT2D eigenvalue weighted by Gasteiger charge is -2.36. The maximum Gasteiger partial charge on any atom is 0.457 e. The summed E-state index contributed by atoms with van der Waals surface area (Å²) in [5.41, 5.74) is -8.11. The minimum atomic E-state index is -6.86. The summed E-state index contributed by atoms with van der Waals surface area (Å²) in [6.45, 7) is 0. The van der Waals surface area contributed by atoms with E-state index in [1.54, 1.807) is 0 Å². The normalized spacial score (nSPS) is 13.9. The van der Waals surface area contributed by atoms with Gasteiger partial charge in [-0.1, -0.05) is 23.7 Å². The number of rotatable bonds is 6.